The Morgan fingerprint density at radius 2 is 1.92 bits per heavy atom. The first-order valence-corrected chi connectivity index (χ1v) is 8.59. The van der Waals surface area contributed by atoms with Gasteiger partial charge in [-0.3, -0.25) is 14.6 Å². The fraction of sp³-hybridized carbons (Fsp3) is 0.444. The van der Waals surface area contributed by atoms with E-state index in [1.165, 1.54) is 12.1 Å². The number of hydrogen-bond donors (Lipinski definition) is 1. The van der Waals surface area contributed by atoms with Gasteiger partial charge in [-0.25, -0.2) is 9.37 Å². The lowest BCUT2D eigenvalue weighted by Gasteiger charge is -2.38. The fourth-order valence-corrected chi connectivity index (χ4v) is 3.36. The molecule has 1 aliphatic rings. The molecule has 2 aromatic rings. The Balaban J connectivity index is 1.63. The number of benzene rings is 1. The summed E-state index contributed by atoms with van der Waals surface area (Å²) in [6.07, 6.45) is 3.82. The third-order valence-electron chi connectivity index (χ3n) is 4.73. The first-order valence-electron chi connectivity index (χ1n) is 8.59. The number of amides is 1. The maximum atomic E-state index is 13.1. The predicted octanol–water partition coefficient (Wildman–Crippen LogP) is 1.39. The largest absolute Gasteiger partial charge is 0.368 e. The van der Waals surface area contributed by atoms with E-state index in [9.17, 15) is 9.18 Å². The van der Waals surface area contributed by atoms with Crippen LogP contribution in [0.3, 0.4) is 0 Å². The highest BCUT2D eigenvalue weighted by molar-refractivity contribution is 5.81. The number of aryl methyl sites for hydroxylation is 1. The van der Waals surface area contributed by atoms with Crippen molar-refractivity contribution in [3.8, 4) is 0 Å². The molecule has 1 aromatic carbocycles. The third-order valence-corrected chi connectivity index (χ3v) is 4.73. The molecule has 1 amide bonds. The topological polar surface area (TPSA) is 67.4 Å². The van der Waals surface area contributed by atoms with Crippen LogP contribution >= 0.6 is 0 Å². The Morgan fingerprint density at radius 1 is 1.24 bits per heavy atom. The average molecular weight is 345 g/mol. The average Bonchev–Trinajstić information content (AvgIpc) is 3.05. The van der Waals surface area contributed by atoms with Crippen molar-refractivity contribution < 1.29 is 9.18 Å². The Labute approximate surface area is 147 Å². The number of carbonyl (C=O) groups excluding carboxylic acids is 1. The van der Waals surface area contributed by atoms with Gasteiger partial charge in [0.15, 0.2) is 0 Å². The minimum Gasteiger partial charge on any atom is -0.368 e. The molecule has 1 aliphatic heterocycles. The van der Waals surface area contributed by atoms with Crippen LogP contribution < -0.4 is 5.73 Å². The molecule has 6 nitrogen and oxygen atoms in total. The maximum absolute atomic E-state index is 13.1. The molecule has 0 aliphatic carbocycles. The smallest absolute Gasteiger partial charge is 0.239 e. The molecule has 1 aromatic heterocycles. The summed E-state index contributed by atoms with van der Waals surface area (Å²) < 4.78 is 15.3. The van der Waals surface area contributed by atoms with E-state index in [4.69, 9.17) is 5.73 Å². The number of halogens is 1. The molecular weight excluding hydrogens is 321 g/mol. The molecule has 1 fully saturated rings. The van der Waals surface area contributed by atoms with E-state index in [1.807, 2.05) is 12.4 Å². The van der Waals surface area contributed by atoms with Gasteiger partial charge in [0.25, 0.3) is 0 Å². The summed E-state index contributed by atoms with van der Waals surface area (Å²) in [7, 11) is 0. The number of nitrogens with zero attached hydrogens (tertiary/aromatic N) is 4. The van der Waals surface area contributed by atoms with Crippen LogP contribution in [0.4, 0.5) is 4.39 Å². The minimum absolute atomic E-state index is 0.316. The number of piperazine rings is 1. The maximum Gasteiger partial charge on any atom is 0.239 e. The van der Waals surface area contributed by atoms with Gasteiger partial charge in [-0.1, -0.05) is 12.1 Å². The molecule has 0 bridgehead atoms. The van der Waals surface area contributed by atoms with E-state index in [1.54, 1.807) is 12.1 Å². The quantitative estimate of drug-likeness (QED) is 0.859. The van der Waals surface area contributed by atoms with Gasteiger partial charge in [0.1, 0.15) is 17.7 Å². The van der Waals surface area contributed by atoms with E-state index in [0.717, 1.165) is 50.7 Å². The summed E-state index contributed by atoms with van der Waals surface area (Å²) in [5.41, 5.74) is 6.36. The van der Waals surface area contributed by atoms with Crippen LogP contribution in [0.1, 0.15) is 24.4 Å². The SMILES string of the molecule is CCn1ccnc1CN1CCN([C@@H](C(N)=O)c2ccc(F)cc2)CC1. The first-order chi connectivity index (χ1) is 12.1. The van der Waals surface area contributed by atoms with Gasteiger partial charge < -0.3 is 10.3 Å². The Morgan fingerprint density at radius 3 is 2.52 bits per heavy atom. The van der Waals surface area contributed by atoms with Crippen LogP contribution in [0.5, 0.6) is 0 Å². The standard InChI is InChI=1S/C18H24FN5O/c1-2-23-8-7-21-16(23)13-22-9-11-24(12-10-22)17(18(20)25)14-3-5-15(19)6-4-14/h3-8,17H,2,9-13H2,1H3,(H2,20,25)/t17-/m1/s1. The second-order valence-electron chi connectivity index (χ2n) is 6.30. The lowest BCUT2D eigenvalue weighted by molar-refractivity contribution is -0.124. The van der Waals surface area contributed by atoms with Crippen molar-refractivity contribution in [1.82, 2.24) is 19.4 Å². The normalized spacial score (nSPS) is 17.5. The summed E-state index contributed by atoms with van der Waals surface area (Å²) in [6.45, 7) is 6.94. The monoisotopic (exact) mass is 345 g/mol. The number of hydrogen-bond acceptors (Lipinski definition) is 4. The number of nitrogens with two attached hydrogens (primary N) is 1. The van der Waals surface area contributed by atoms with Gasteiger partial charge in [0.2, 0.25) is 5.91 Å². The van der Waals surface area contributed by atoms with Gasteiger partial charge in [-0.05, 0) is 24.6 Å². The molecule has 2 N–H and O–H groups in total. The molecule has 0 unspecified atom stereocenters. The lowest BCUT2D eigenvalue weighted by atomic mass is 10.0. The summed E-state index contributed by atoms with van der Waals surface area (Å²) >= 11 is 0. The van der Waals surface area contributed by atoms with Crippen molar-refractivity contribution in [3.05, 3.63) is 53.9 Å². The molecule has 3 rings (SSSR count). The van der Waals surface area contributed by atoms with Crippen molar-refractivity contribution in [1.29, 1.82) is 0 Å². The zero-order chi connectivity index (χ0) is 17.8. The van der Waals surface area contributed by atoms with Crippen LogP contribution in [0, 0.1) is 5.82 Å². The van der Waals surface area contributed by atoms with Crippen LogP contribution in [0.15, 0.2) is 36.7 Å². The zero-order valence-electron chi connectivity index (χ0n) is 14.4. The lowest BCUT2D eigenvalue weighted by Crippen LogP contribution is -2.50. The van der Waals surface area contributed by atoms with E-state index in [0.29, 0.717) is 0 Å². The summed E-state index contributed by atoms with van der Waals surface area (Å²) in [4.78, 5) is 20.8. The Bertz CT molecular complexity index is 707. The molecule has 134 valence electrons. The van der Waals surface area contributed by atoms with E-state index >= 15 is 0 Å². The summed E-state index contributed by atoms with van der Waals surface area (Å²) in [5, 5.41) is 0. The van der Waals surface area contributed by atoms with Crippen molar-refractivity contribution >= 4 is 5.91 Å². The van der Waals surface area contributed by atoms with Crippen molar-refractivity contribution in [2.24, 2.45) is 5.73 Å². The number of primary amides is 1. The van der Waals surface area contributed by atoms with Crippen molar-refractivity contribution in [2.75, 3.05) is 26.2 Å². The van der Waals surface area contributed by atoms with Crippen molar-refractivity contribution in [3.63, 3.8) is 0 Å². The van der Waals surface area contributed by atoms with E-state index < -0.39 is 11.9 Å². The predicted molar refractivity (Wildman–Crippen MR) is 93.1 cm³/mol. The summed E-state index contributed by atoms with van der Waals surface area (Å²) in [5.74, 6) is 0.339. The molecule has 25 heavy (non-hydrogen) atoms. The van der Waals surface area contributed by atoms with Crippen LogP contribution in [-0.4, -0.2) is 51.4 Å². The van der Waals surface area contributed by atoms with Crippen LogP contribution in [0.2, 0.25) is 0 Å². The molecule has 0 saturated carbocycles. The van der Waals surface area contributed by atoms with Crippen molar-refractivity contribution in [2.45, 2.75) is 26.1 Å². The van der Waals surface area contributed by atoms with Crippen LogP contribution in [0.25, 0.3) is 0 Å². The van der Waals surface area contributed by atoms with E-state index in [2.05, 4.69) is 26.3 Å². The molecule has 1 saturated heterocycles. The highest BCUT2D eigenvalue weighted by Gasteiger charge is 2.29. The number of aromatic nitrogens is 2. The van der Waals surface area contributed by atoms with Gasteiger partial charge in [0.05, 0.1) is 6.54 Å². The molecule has 1 atom stereocenters. The first kappa shape index (κ1) is 17.6. The molecule has 0 spiro atoms. The van der Waals surface area contributed by atoms with Gasteiger partial charge in [-0.2, -0.15) is 0 Å². The van der Waals surface area contributed by atoms with E-state index in [-0.39, 0.29) is 5.82 Å². The zero-order valence-corrected chi connectivity index (χ0v) is 14.4. The minimum atomic E-state index is -0.514. The Kier molecular flexibility index (Phi) is 5.45. The fourth-order valence-electron chi connectivity index (χ4n) is 3.36. The second kappa shape index (κ2) is 7.76. The van der Waals surface area contributed by atoms with Gasteiger partial charge in [0, 0.05) is 45.1 Å². The molecular formula is C18H24FN5O. The highest BCUT2D eigenvalue weighted by Crippen LogP contribution is 2.22. The van der Waals surface area contributed by atoms with Gasteiger partial charge in [-0.15, -0.1) is 0 Å². The summed E-state index contributed by atoms with van der Waals surface area (Å²) in [6, 6.07) is 5.49. The molecule has 2 heterocycles. The van der Waals surface area contributed by atoms with Crippen LogP contribution in [-0.2, 0) is 17.9 Å². The molecule has 7 heteroatoms. The third kappa shape index (κ3) is 4.05. The Hall–Kier alpha value is -2.25. The van der Waals surface area contributed by atoms with Gasteiger partial charge >= 0.3 is 0 Å². The highest BCUT2D eigenvalue weighted by atomic mass is 19.1. The number of carbonyl (C=O) groups is 1. The molecule has 0 radical (unpaired) electrons. The number of imidazole rings is 1. The second-order valence-corrected chi connectivity index (χ2v) is 6.30. The number of rotatable bonds is 6.